The summed E-state index contributed by atoms with van der Waals surface area (Å²) < 4.78 is 0. The van der Waals surface area contributed by atoms with Gasteiger partial charge in [0.25, 0.3) is 11.8 Å². The highest BCUT2D eigenvalue weighted by Crippen LogP contribution is 2.22. The Morgan fingerprint density at radius 3 is 1.44 bits per heavy atom. The average molecular weight is 695 g/mol. The Bertz CT molecular complexity index is 1330. The zero-order valence-electron chi connectivity index (χ0n) is 30.7. The van der Waals surface area contributed by atoms with Gasteiger partial charge in [0.1, 0.15) is 11.5 Å². The third kappa shape index (κ3) is 16.5. The molecule has 10 heteroatoms. The molecule has 2 aromatic carbocycles. The molecule has 50 heavy (non-hydrogen) atoms. The van der Waals surface area contributed by atoms with Gasteiger partial charge in [-0.2, -0.15) is 0 Å². The minimum atomic E-state index is -0.772. The van der Waals surface area contributed by atoms with E-state index < -0.39 is 29.5 Å². The lowest BCUT2D eigenvalue weighted by atomic mass is 9.96. The van der Waals surface area contributed by atoms with Crippen molar-refractivity contribution in [2.24, 2.45) is 5.92 Å². The molecule has 4 amide bonds. The van der Waals surface area contributed by atoms with Crippen molar-refractivity contribution in [3.63, 3.8) is 0 Å². The van der Waals surface area contributed by atoms with Crippen LogP contribution in [0.25, 0.3) is 0 Å². The minimum Gasteiger partial charge on any atom is -0.507 e. The van der Waals surface area contributed by atoms with Crippen LogP contribution in [-0.4, -0.2) is 33.8 Å². The van der Waals surface area contributed by atoms with Gasteiger partial charge in [0.2, 0.25) is 11.8 Å². The van der Waals surface area contributed by atoms with Crippen LogP contribution in [0.15, 0.2) is 36.4 Å². The number of aromatic hydroxyl groups is 2. The number of phenols is 2. The smallest absolute Gasteiger partial charge is 0.273 e. The minimum absolute atomic E-state index is 0.0595. The molecule has 0 aliphatic rings. The van der Waals surface area contributed by atoms with Crippen molar-refractivity contribution in [1.29, 1.82) is 0 Å². The quantitative estimate of drug-likeness (QED) is 0.0482. The van der Waals surface area contributed by atoms with E-state index in [0.717, 1.165) is 114 Å². The van der Waals surface area contributed by atoms with Crippen LogP contribution in [0.3, 0.4) is 0 Å². The molecule has 10 nitrogen and oxygen atoms in total. The standard InChI is InChI=1S/C40H62N4O6/c1-4-7-10-13-16-19-22-32(38(48)42-44-40(50)34-28-31(24-26-36(34)46)21-18-15-12-9-6-3)29-37(47)41-43-39(49)33-27-30(23-25-35(33)45)20-17-14-11-8-5-2/h23-28,32,45-46H,4-22,29H2,1-3H3,(H,41,47)(H,42,48)(H,43,49)(H,44,50). The van der Waals surface area contributed by atoms with Crippen LogP contribution < -0.4 is 21.7 Å². The third-order valence-corrected chi connectivity index (χ3v) is 9.07. The van der Waals surface area contributed by atoms with Crippen molar-refractivity contribution < 1.29 is 29.4 Å². The van der Waals surface area contributed by atoms with Gasteiger partial charge in [-0.05, 0) is 67.5 Å². The zero-order chi connectivity index (χ0) is 36.6. The maximum Gasteiger partial charge on any atom is 0.273 e. The highest BCUT2D eigenvalue weighted by Gasteiger charge is 2.24. The van der Waals surface area contributed by atoms with E-state index in [2.05, 4.69) is 42.5 Å². The summed E-state index contributed by atoms with van der Waals surface area (Å²) in [5.74, 6) is -3.57. The number of amides is 4. The number of carbonyl (C=O) groups excluding carboxylic acids is 4. The van der Waals surface area contributed by atoms with Gasteiger partial charge in [0.15, 0.2) is 0 Å². The van der Waals surface area contributed by atoms with Crippen molar-refractivity contribution in [2.75, 3.05) is 0 Å². The number of phenolic OH excluding ortho intramolecular Hbond substituents is 2. The molecule has 0 spiro atoms. The molecular formula is C40H62N4O6. The first-order valence-corrected chi connectivity index (χ1v) is 19.0. The van der Waals surface area contributed by atoms with Gasteiger partial charge in [-0.15, -0.1) is 0 Å². The van der Waals surface area contributed by atoms with Crippen LogP contribution in [0.2, 0.25) is 0 Å². The van der Waals surface area contributed by atoms with Gasteiger partial charge in [-0.3, -0.25) is 40.9 Å². The van der Waals surface area contributed by atoms with E-state index in [-0.39, 0.29) is 29.0 Å². The van der Waals surface area contributed by atoms with Crippen molar-refractivity contribution in [2.45, 2.75) is 149 Å². The second kappa shape index (κ2) is 25.0. The number of unbranched alkanes of at least 4 members (excludes halogenated alkanes) is 13. The van der Waals surface area contributed by atoms with Crippen LogP contribution in [0.1, 0.15) is 168 Å². The van der Waals surface area contributed by atoms with Crippen LogP contribution in [-0.2, 0) is 22.4 Å². The predicted molar refractivity (Wildman–Crippen MR) is 198 cm³/mol. The topological polar surface area (TPSA) is 157 Å². The molecule has 6 N–H and O–H groups in total. The van der Waals surface area contributed by atoms with Crippen molar-refractivity contribution in [3.05, 3.63) is 58.7 Å². The van der Waals surface area contributed by atoms with Gasteiger partial charge in [-0.25, -0.2) is 0 Å². The summed E-state index contributed by atoms with van der Waals surface area (Å²) >= 11 is 0. The largest absolute Gasteiger partial charge is 0.507 e. The van der Waals surface area contributed by atoms with Crippen molar-refractivity contribution >= 4 is 23.6 Å². The normalized spacial score (nSPS) is 11.5. The summed E-state index contributed by atoms with van der Waals surface area (Å²) in [5, 5.41) is 20.7. The highest BCUT2D eigenvalue weighted by molar-refractivity contribution is 5.99. The van der Waals surface area contributed by atoms with Gasteiger partial charge in [0.05, 0.1) is 11.1 Å². The molecule has 0 saturated heterocycles. The molecule has 2 rings (SSSR count). The number of carbonyl (C=O) groups is 4. The average Bonchev–Trinajstić information content (AvgIpc) is 3.11. The monoisotopic (exact) mass is 694 g/mol. The summed E-state index contributed by atoms with van der Waals surface area (Å²) in [4.78, 5) is 52.1. The lowest BCUT2D eigenvalue weighted by Gasteiger charge is -2.18. The maximum absolute atomic E-state index is 13.3. The predicted octanol–water partition coefficient (Wildman–Crippen LogP) is 8.10. The Morgan fingerprint density at radius 2 is 0.960 bits per heavy atom. The van der Waals surface area contributed by atoms with Gasteiger partial charge in [0, 0.05) is 12.3 Å². The Kier molecular flexibility index (Phi) is 21.0. The molecule has 0 heterocycles. The van der Waals surface area contributed by atoms with E-state index in [9.17, 15) is 29.4 Å². The molecule has 278 valence electrons. The van der Waals surface area contributed by atoms with Crippen molar-refractivity contribution in [1.82, 2.24) is 21.7 Å². The number of aryl methyl sites for hydroxylation is 2. The SMILES string of the molecule is CCCCCCCCC(CC(=O)NNC(=O)c1cc(CCCCCCC)ccc1O)C(=O)NNC(=O)c1cc(CCCCCCC)ccc1O. The summed E-state index contributed by atoms with van der Waals surface area (Å²) in [6.45, 7) is 6.48. The fourth-order valence-electron chi connectivity index (χ4n) is 5.96. The Morgan fingerprint density at radius 1 is 0.540 bits per heavy atom. The fourth-order valence-corrected chi connectivity index (χ4v) is 5.96. The molecule has 0 bridgehead atoms. The zero-order valence-corrected chi connectivity index (χ0v) is 30.7. The summed E-state index contributed by atoms with van der Waals surface area (Å²) in [7, 11) is 0. The van der Waals surface area contributed by atoms with Crippen LogP contribution in [0, 0.1) is 5.92 Å². The molecule has 2 aromatic rings. The third-order valence-electron chi connectivity index (χ3n) is 9.07. The first-order chi connectivity index (χ1) is 24.2. The molecule has 0 aromatic heterocycles. The van der Waals surface area contributed by atoms with Gasteiger partial charge < -0.3 is 10.2 Å². The molecule has 0 aliphatic heterocycles. The molecule has 1 unspecified atom stereocenters. The Hall–Kier alpha value is -4.08. The molecule has 0 aliphatic carbocycles. The lowest BCUT2D eigenvalue weighted by Crippen LogP contribution is -2.47. The number of nitrogens with one attached hydrogen (secondary N) is 4. The number of benzene rings is 2. The highest BCUT2D eigenvalue weighted by atomic mass is 16.3. The summed E-state index contributed by atoms with van der Waals surface area (Å²) in [5.41, 5.74) is 11.6. The molecule has 0 radical (unpaired) electrons. The van der Waals surface area contributed by atoms with Crippen LogP contribution >= 0.6 is 0 Å². The van der Waals surface area contributed by atoms with E-state index in [1.165, 1.54) is 25.0 Å². The molecule has 0 fully saturated rings. The first-order valence-electron chi connectivity index (χ1n) is 19.0. The van der Waals surface area contributed by atoms with Crippen LogP contribution in [0.4, 0.5) is 0 Å². The Balaban J connectivity index is 1.98. The van der Waals surface area contributed by atoms with Crippen LogP contribution in [0.5, 0.6) is 11.5 Å². The summed E-state index contributed by atoms with van der Waals surface area (Å²) in [6, 6.07) is 9.84. The number of hydrogen-bond acceptors (Lipinski definition) is 6. The van der Waals surface area contributed by atoms with E-state index >= 15 is 0 Å². The second-order valence-electron chi connectivity index (χ2n) is 13.4. The van der Waals surface area contributed by atoms with Gasteiger partial charge in [-0.1, -0.05) is 123 Å². The lowest BCUT2D eigenvalue weighted by molar-refractivity contribution is -0.131. The molecule has 1 atom stereocenters. The Labute approximate surface area is 299 Å². The summed E-state index contributed by atoms with van der Waals surface area (Å²) in [6.07, 6.45) is 19.0. The van der Waals surface area contributed by atoms with Gasteiger partial charge >= 0.3 is 0 Å². The first kappa shape index (κ1) is 42.1. The second-order valence-corrected chi connectivity index (χ2v) is 13.4. The molecular weight excluding hydrogens is 632 g/mol. The molecule has 0 saturated carbocycles. The van der Waals surface area contributed by atoms with Crippen molar-refractivity contribution in [3.8, 4) is 11.5 Å². The number of hydrogen-bond donors (Lipinski definition) is 6. The fraction of sp³-hybridized carbons (Fsp3) is 0.600. The maximum atomic E-state index is 13.3. The van der Waals surface area contributed by atoms with E-state index in [1.807, 2.05) is 0 Å². The number of rotatable bonds is 24. The van der Waals surface area contributed by atoms with E-state index in [1.54, 1.807) is 24.3 Å². The van der Waals surface area contributed by atoms with E-state index in [4.69, 9.17) is 0 Å². The van der Waals surface area contributed by atoms with E-state index in [0.29, 0.717) is 6.42 Å². The number of hydrazine groups is 2.